The number of hydrogen-bond acceptors (Lipinski definition) is 1. The molecule has 0 saturated heterocycles. The van der Waals surface area contributed by atoms with Gasteiger partial charge in [0.05, 0.1) is 0 Å². The SMILES string of the molecule is CCCCCCCCCCn1cc(C(=O)c2cccc(I)c2)c2ccccc21. The Balaban J connectivity index is 1.66. The minimum Gasteiger partial charge on any atom is -0.347 e. The molecule has 0 amide bonds. The van der Waals surface area contributed by atoms with Crippen molar-refractivity contribution in [3.05, 3.63) is 69.4 Å². The zero-order valence-corrected chi connectivity index (χ0v) is 19.0. The molecule has 2 nitrogen and oxygen atoms in total. The number of aromatic nitrogens is 1. The highest BCUT2D eigenvalue weighted by Gasteiger charge is 2.16. The van der Waals surface area contributed by atoms with E-state index in [1.54, 1.807) is 0 Å². The lowest BCUT2D eigenvalue weighted by Crippen LogP contribution is -2.01. The van der Waals surface area contributed by atoms with E-state index in [0.717, 1.165) is 26.6 Å². The lowest BCUT2D eigenvalue weighted by Gasteiger charge is -2.05. The summed E-state index contributed by atoms with van der Waals surface area (Å²) in [6.45, 7) is 3.24. The van der Waals surface area contributed by atoms with Gasteiger partial charge < -0.3 is 4.57 Å². The van der Waals surface area contributed by atoms with Crippen LogP contribution in [0.2, 0.25) is 0 Å². The number of aryl methyl sites for hydroxylation is 1. The Bertz CT molecular complexity index is 912. The molecular weight excluding hydrogens is 457 g/mol. The quantitative estimate of drug-likeness (QED) is 0.155. The van der Waals surface area contributed by atoms with E-state index in [-0.39, 0.29) is 5.78 Å². The molecule has 2 aromatic carbocycles. The van der Waals surface area contributed by atoms with Gasteiger partial charge in [0.1, 0.15) is 0 Å². The highest BCUT2D eigenvalue weighted by Crippen LogP contribution is 2.25. The number of para-hydroxylation sites is 1. The minimum absolute atomic E-state index is 0.115. The second-order valence-electron chi connectivity index (χ2n) is 7.57. The highest BCUT2D eigenvalue weighted by molar-refractivity contribution is 14.1. The fraction of sp³-hybridized carbons (Fsp3) is 0.400. The van der Waals surface area contributed by atoms with Crippen molar-refractivity contribution in [2.24, 2.45) is 0 Å². The average molecular weight is 487 g/mol. The number of ketones is 1. The Kier molecular flexibility index (Phi) is 8.13. The van der Waals surface area contributed by atoms with E-state index in [1.165, 1.54) is 56.9 Å². The van der Waals surface area contributed by atoms with Crippen molar-refractivity contribution in [2.75, 3.05) is 0 Å². The van der Waals surface area contributed by atoms with Crippen LogP contribution in [0.5, 0.6) is 0 Å². The summed E-state index contributed by atoms with van der Waals surface area (Å²) >= 11 is 2.26. The molecule has 0 aliphatic carbocycles. The van der Waals surface area contributed by atoms with Gasteiger partial charge in [0.15, 0.2) is 5.78 Å². The summed E-state index contributed by atoms with van der Waals surface area (Å²) in [7, 11) is 0. The molecule has 3 heteroatoms. The molecule has 0 saturated carbocycles. The average Bonchev–Trinajstić information content (AvgIpc) is 3.08. The number of fused-ring (bicyclic) bond motifs is 1. The smallest absolute Gasteiger partial charge is 0.195 e. The Morgan fingerprint density at radius 3 is 2.36 bits per heavy atom. The molecule has 148 valence electrons. The van der Waals surface area contributed by atoms with E-state index >= 15 is 0 Å². The summed E-state index contributed by atoms with van der Waals surface area (Å²) in [5, 5.41) is 1.06. The number of benzene rings is 2. The Hall–Kier alpha value is -1.62. The van der Waals surface area contributed by atoms with Crippen LogP contribution in [0.1, 0.15) is 74.2 Å². The third-order valence-corrected chi connectivity index (χ3v) is 6.04. The lowest BCUT2D eigenvalue weighted by molar-refractivity contribution is 0.104. The number of halogens is 1. The first-order chi connectivity index (χ1) is 13.7. The van der Waals surface area contributed by atoms with Crippen molar-refractivity contribution in [3.8, 4) is 0 Å². The Labute approximate surface area is 182 Å². The number of unbranched alkanes of at least 4 members (excludes halogenated alkanes) is 7. The summed E-state index contributed by atoms with van der Waals surface area (Å²) in [4.78, 5) is 13.1. The normalized spacial score (nSPS) is 11.2. The zero-order valence-electron chi connectivity index (χ0n) is 16.8. The lowest BCUT2D eigenvalue weighted by atomic mass is 10.0. The molecular formula is C25H30INO. The zero-order chi connectivity index (χ0) is 19.8. The largest absolute Gasteiger partial charge is 0.347 e. The van der Waals surface area contributed by atoms with E-state index in [0.29, 0.717) is 0 Å². The summed E-state index contributed by atoms with van der Waals surface area (Å²) in [5.41, 5.74) is 2.75. The molecule has 3 aromatic rings. The highest BCUT2D eigenvalue weighted by atomic mass is 127. The molecule has 0 aliphatic heterocycles. The van der Waals surface area contributed by atoms with Gasteiger partial charge in [-0.2, -0.15) is 0 Å². The molecule has 0 N–H and O–H groups in total. The predicted octanol–water partition coefficient (Wildman–Crippen LogP) is 7.62. The molecule has 0 unspecified atom stereocenters. The molecule has 0 spiro atoms. The van der Waals surface area contributed by atoms with Gasteiger partial charge in [0.2, 0.25) is 0 Å². The molecule has 0 aliphatic rings. The van der Waals surface area contributed by atoms with Crippen molar-refractivity contribution >= 4 is 39.3 Å². The van der Waals surface area contributed by atoms with E-state index in [1.807, 2.05) is 30.3 Å². The molecule has 1 aromatic heterocycles. The maximum Gasteiger partial charge on any atom is 0.195 e. The number of carbonyl (C=O) groups is 1. The van der Waals surface area contributed by atoms with Crippen molar-refractivity contribution in [3.63, 3.8) is 0 Å². The van der Waals surface area contributed by atoms with Crippen LogP contribution in [0, 0.1) is 3.57 Å². The standard InChI is InChI=1S/C25H30INO/c1-2-3-4-5-6-7-8-11-17-27-19-23(22-15-9-10-16-24(22)27)25(28)20-13-12-14-21(26)18-20/h9-10,12-16,18-19H,2-8,11,17H2,1H3. The van der Waals surface area contributed by atoms with E-state index < -0.39 is 0 Å². The molecule has 0 radical (unpaired) electrons. The summed E-state index contributed by atoms with van der Waals surface area (Å²) in [5.74, 6) is 0.115. The van der Waals surface area contributed by atoms with E-state index in [9.17, 15) is 4.79 Å². The summed E-state index contributed by atoms with van der Waals surface area (Å²) < 4.78 is 3.36. The predicted molar refractivity (Wildman–Crippen MR) is 127 cm³/mol. The van der Waals surface area contributed by atoms with Gasteiger partial charge in [-0.3, -0.25) is 4.79 Å². The van der Waals surface area contributed by atoms with Crippen molar-refractivity contribution in [1.29, 1.82) is 0 Å². The van der Waals surface area contributed by atoms with Gasteiger partial charge in [-0.1, -0.05) is 82.2 Å². The maximum absolute atomic E-state index is 13.1. The van der Waals surface area contributed by atoms with Crippen LogP contribution in [-0.4, -0.2) is 10.4 Å². The fourth-order valence-corrected chi connectivity index (χ4v) is 4.36. The van der Waals surface area contributed by atoms with Crippen LogP contribution >= 0.6 is 22.6 Å². The minimum atomic E-state index is 0.115. The van der Waals surface area contributed by atoms with Crippen LogP contribution in [0.4, 0.5) is 0 Å². The van der Waals surface area contributed by atoms with Gasteiger partial charge in [0, 0.05) is 38.3 Å². The van der Waals surface area contributed by atoms with Gasteiger partial charge in [-0.05, 0) is 47.2 Å². The fourth-order valence-electron chi connectivity index (χ4n) is 3.81. The second-order valence-corrected chi connectivity index (χ2v) is 8.81. The number of carbonyl (C=O) groups excluding carboxylic acids is 1. The molecule has 0 fully saturated rings. The van der Waals surface area contributed by atoms with Crippen LogP contribution in [0.15, 0.2) is 54.7 Å². The topological polar surface area (TPSA) is 22.0 Å². The van der Waals surface area contributed by atoms with Crippen LogP contribution in [0.25, 0.3) is 10.9 Å². The first kappa shape index (κ1) is 21.1. The van der Waals surface area contributed by atoms with Gasteiger partial charge >= 0.3 is 0 Å². The maximum atomic E-state index is 13.1. The molecule has 0 bridgehead atoms. The monoisotopic (exact) mass is 487 g/mol. The van der Waals surface area contributed by atoms with Crippen molar-refractivity contribution in [1.82, 2.24) is 4.57 Å². The molecule has 1 heterocycles. The first-order valence-corrected chi connectivity index (χ1v) is 11.7. The summed E-state index contributed by atoms with van der Waals surface area (Å²) in [6, 6.07) is 16.1. The first-order valence-electron chi connectivity index (χ1n) is 10.6. The Morgan fingerprint density at radius 2 is 1.61 bits per heavy atom. The third kappa shape index (κ3) is 5.47. The molecule has 28 heavy (non-hydrogen) atoms. The second kappa shape index (κ2) is 10.8. The molecule has 3 rings (SSSR count). The summed E-state index contributed by atoms with van der Waals surface area (Å²) in [6.07, 6.45) is 12.6. The van der Waals surface area contributed by atoms with Gasteiger partial charge in [-0.15, -0.1) is 0 Å². The van der Waals surface area contributed by atoms with Crippen LogP contribution in [-0.2, 0) is 6.54 Å². The van der Waals surface area contributed by atoms with Gasteiger partial charge in [-0.25, -0.2) is 0 Å². The van der Waals surface area contributed by atoms with E-state index in [2.05, 4.69) is 58.5 Å². The van der Waals surface area contributed by atoms with Crippen LogP contribution < -0.4 is 0 Å². The third-order valence-electron chi connectivity index (χ3n) is 5.37. The Morgan fingerprint density at radius 1 is 0.893 bits per heavy atom. The number of hydrogen-bond donors (Lipinski definition) is 0. The van der Waals surface area contributed by atoms with Crippen LogP contribution in [0.3, 0.4) is 0 Å². The number of nitrogens with zero attached hydrogens (tertiary/aromatic N) is 1. The molecule has 0 atom stereocenters. The van der Waals surface area contributed by atoms with Crippen molar-refractivity contribution in [2.45, 2.75) is 64.8 Å². The van der Waals surface area contributed by atoms with E-state index in [4.69, 9.17) is 0 Å². The van der Waals surface area contributed by atoms with Gasteiger partial charge in [0.25, 0.3) is 0 Å². The number of rotatable bonds is 11. The van der Waals surface area contributed by atoms with Crippen molar-refractivity contribution < 1.29 is 4.79 Å².